The van der Waals surface area contributed by atoms with Crippen molar-refractivity contribution in [3.63, 3.8) is 0 Å². The lowest BCUT2D eigenvalue weighted by atomic mass is 10.3. The minimum absolute atomic E-state index is 0.107. The summed E-state index contributed by atoms with van der Waals surface area (Å²) in [4.78, 5) is 32.4. The van der Waals surface area contributed by atoms with Gasteiger partial charge in [0.15, 0.2) is 5.12 Å². The van der Waals surface area contributed by atoms with Gasteiger partial charge in [-0.25, -0.2) is 4.79 Å². The van der Waals surface area contributed by atoms with E-state index in [9.17, 15) is 14.4 Å². The first-order valence-electron chi connectivity index (χ1n) is 3.95. The predicted octanol–water partition coefficient (Wildman–Crippen LogP) is -0.0562. The Bertz CT molecular complexity index is 241. The Labute approximate surface area is 86.6 Å². The number of thioether (sulfide) groups is 1. The molecule has 0 fully saturated rings. The van der Waals surface area contributed by atoms with Crippen LogP contribution in [0.25, 0.3) is 0 Å². The van der Waals surface area contributed by atoms with Crippen molar-refractivity contribution in [1.29, 1.82) is 0 Å². The number of carbonyl (C=O) groups is 3. The standard InChI is InChI=1S/C8H13NO4S/c1-5(10)9-7(8(12)13-3)4-14-6(2)11/h7H,4H2,1-3H3,(H,9,10)/t7-/m0/s1. The third kappa shape index (κ3) is 5.58. The molecule has 1 N–H and O–H groups in total. The molecule has 0 spiro atoms. The molecule has 0 rings (SSSR count). The molecule has 1 atom stereocenters. The second-order valence-corrected chi connectivity index (χ2v) is 3.78. The van der Waals surface area contributed by atoms with Crippen molar-refractivity contribution in [1.82, 2.24) is 5.32 Å². The number of methoxy groups -OCH3 is 1. The monoisotopic (exact) mass is 219 g/mol. The Kier molecular flexibility index (Phi) is 5.94. The van der Waals surface area contributed by atoms with Gasteiger partial charge in [-0.05, 0) is 0 Å². The van der Waals surface area contributed by atoms with Crippen LogP contribution in [0.1, 0.15) is 13.8 Å². The summed E-state index contributed by atoms with van der Waals surface area (Å²) in [6, 6.07) is -0.758. The molecule has 0 aliphatic rings. The van der Waals surface area contributed by atoms with E-state index in [0.29, 0.717) is 0 Å². The zero-order valence-corrected chi connectivity index (χ0v) is 9.14. The minimum atomic E-state index is -0.758. The molecule has 0 aliphatic carbocycles. The fourth-order valence-corrected chi connectivity index (χ4v) is 1.38. The fourth-order valence-electron chi connectivity index (χ4n) is 0.757. The zero-order valence-electron chi connectivity index (χ0n) is 8.33. The predicted molar refractivity (Wildman–Crippen MR) is 52.8 cm³/mol. The van der Waals surface area contributed by atoms with Gasteiger partial charge in [-0.3, -0.25) is 9.59 Å². The molecule has 1 amide bonds. The van der Waals surface area contributed by atoms with Crippen LogP contribution in [-0.4, -0.2) is 35.9 Å². The molecule has 6 heteroatoms. The third-order valence-electron chi connectivity index (χ3n) is 1.32. The quantitative estimate of drug-likeness (QED) is 0.671. The van der Waals surface area contributed by atoms with Crippen LogP contribution in [0.5, 0.6) is 0 Å². The summed E-state index contributed by atoms with van der Waals surface area (Å²) < 4.78 is 4.47. The summed E-state index contributed by atoms with van der Waals surface area (Å²) in [6.07, 6.45) is 0. The van der Waals surface area contributed by atoms with Crippen LogP contribution < -0.4 is 5.32 Å². The first kappa shape index (κ1) is 13.0. The molecule has 0 unspecified atom stereocenters. The number of rotatable bonds is 4. The van der Waals surface area contributed by atoms with E-state index in [1.807, 2.05) is 0 Å². The molecule has 0 heterocycles. The van der Waals surface area contributed by atoms with Crippen LogP contribution in [0.4, 0.5) is 0 Å². The molecule has 0 radical (unpaired) electrons. The molecule has 0 aromatic carbocycles. The molecule has 80 valence electrons. The number of esters is 1. The van der Waals surface area contributed by atoms with Crippen molar-refractivity contribution in [2.45, 2.75) is 19.9 Å². The van der Waals surface area contributed by atoms with Gasteiger partial charge in [0.2, 0.25) is 5.91 Å². The van der Waals surface area contributed by atoms with Crippen molar-refractivity contribution < 1.29 is 19.1 Å². The van der Waals surface area contributed by atoms with Gasteiger partial charge in [-0.15, -0.1) is 0 Å². The SMILES string of the molecule is COC(=O)[C@H](CSC(C)=O)NC(C)=O. The maximum Gasteiger partial charge on any atom is 0.329 e. The van der Waals surface area contributed by atoms with Crippen molar-refractivity contribution in [3.8, 4) is 0 Å². The van der Waals surface area contributed by atoms with E-state index in [-0.39, 0.29) is 16.8 Å². The molecule has 14 heavy (non-hydrogen) atoms. The fraction of sp³-hybridized carbons (Fsp3) is 0.625. The van der Waals surface area contributed by atoms with E-state index >= 15 is 0 Å². The highest BCUT2D eigenvalue weighted by molar-refractivity contribution is 8.13. The number of ether oxygens (including phenoxy) is 1. The first-order chi connectivity index (χ1) is 6.47. The van der Waals surface area contributed by atoms with Crippen LogP contribution in [0.3, 0.4) is 0 Å². The van der Waals surface area contributed by atoms with Crippen molar-refractivity contribution in [2.75, 3.05) is 12.9 Å². The van der Waals surface area contributed by atoms with Crippen molar-refractivity contribution >= 4 is 28.8 Å². The van der Waals surface area contributed by atoms with Crippen LogP contribution >= 0.6 is 11.8 Å². The van der Waals surface area contributed by atoms with E-state index in [4.69, 9.17) is 0 Å². The highest BCUT2D eigenvalue weighted by atomic mass is 32.2. The highest BCUT2D eigenvalue weighted by Crippen LogP contribution is 2.05. The molecular weight excluding hydrogens is 206 g/mol. The van der Waals surface area contributed by atoms with E-state index in [0.717, 1.165) is 11.8 Å². The molecule has 0 aromatic heterocycles. The molecule has 0 aliphatic heterocycles. The number of amides is 1. The van der Waals surface area contributed by atoms with E-state index in [1.54, 1.807) is 0 Å². The lowest BCUT2D eigenvalue weighted by Gasteiger charge is -2.13. The van der Waals surface area contributed by atoms with Gasteiger partial charge < -0.3 is 10.1 Å². The molecule has 5 nitrogen and oxygen atoms in total. The maximum absolute atomic E-state index is 11.1. The third-order valence-corrected chi connectivity index (χ3v) is 2.22. The van der Waals surface area contributed by atoms with Gasteiger partial charge in [0.25, 0.3) is 0 Å². The average Bonchev–Trinajstić information content (AvgIpc) is 2.10. The van der Waals surface area contributed by atoms with Gasteiger partial charge in [0.1, 0.15) is 6.04 Å². The summed E-state index contributed by atoms with van der Waals surface area (Å²) in [5.41, 5.74) is 0. The number of hydrogen-bond acceptors (Lipinski definition) is 5. The van der Waals surface area contributed by atoms with Crippen LogP contribution in [0, 0.1) is 0 Å². The Balaban J connectivity index is 4.17. The van der Waals surface area contributed by atoms with Crippen LogP contribution in [0.15, 0.2) is 0 Å². The highest BCUT2D eigenvalue weighted by Gasteiger charge is 2.20. The Morgan fingerprint density at radius 3 is 2.29 bits per heavy atom. The molecule has 0 bridgehead atoms. The van der Waals surface area contributed by atoms with Crippen LogP contribution in [-0.2, 0) is 19.1 Å². The van der Waals surface area contributed by atoms with E-state index in [2.05, 4.69) is 10.1 Å². The summed E-state index contributed by atoms with van der Waals surface area (Å²) in [6.45, 7) is 2.70. The zero-order chi connectivity index (χ0) is 11.1. The smallest absolute Gasteiger partial charge is 0.329 e. The number of carbonyl (C=O) groups excluding carboxylic acids is 3. The van der Waals surface area contributed by atoms with E-state index < -0.39 is 12.0 Å². The molecule has 0 saturated heterocycles. The van der Waals surface area contributed by atoms with Crippen molar-refractivity contribution in [2.24, 2.45) is 0 Å². The Morgan fingerprint density at radius 1 is 1.36 bits per heavy atom. The lowest BCUT2D eigenvalue weighted by Crippen LogP contribution is -2.42. The first-order valence-corrected chi connectivity index (χ1v) is 4.94. The topological polar surface area (TPSA) is 72.5 Å². The largest absolute Gasteiger partial charge is 0.467 e. The van der Waals surface area contributed by atoms with Gasteiger partial charge in [0.05, 0.1) is 7.11 Å². The normalized spacial score (nSPS) is 11.6. The van der Waals surface area contributed by atoms with Gasteiger partial charge in [-0.1, -0.05) is 11.8 Å². The number of nitrogens with one attached hydrogen (secondary N) is 1. The lowest BCUT2D eigenvalue weighted by molar-refractivity contribution is -0.144. The second-order valence-electron chi connectivity index (χ2n) is 2.58. The van der Waals surface area contributed by atoms with Gasteiger partial charge in [0, 0.05) is 19.6 Å². The summed E-state index contributed by atoms with van der Waals surface area (Å²) in [7, 11) is 1.23. The summed E-state index contributed by atoms with van der Waals surface area (Å²) in [5, 5.41) is 2.29. The van der Waals surface area contributed by atoms with E-state index in [1.165, 1.54) is 21.0 Å². The summed E-state index contributed by atoms with van der Waals surface area (Å²) >= 11 is 0.971. The Morgan fingerprint density at radius 2 is 1.93 bits per heavy atom. The maximum atomic E-state index is 11.1. The summed E-state index contributed by atoms with van der Waals surface area (Å²) in [5.74, 6) is -0.680. The minimum Gasteiger partial charge on any atom is -0.467 e. The molecule has 0 aromatic rings. The average molecular weight is 219 g/mol. The van der Waals surface area contributed by atoms with Gasteiger partial charge in [-0.2, -0.15) is 0 Å². The van der Waals surface area contributed by atoms with Crippen LogP contribution in [0.2, 0.25) is 0 Å². The van der Waals surface area contributed by atoms with Crippen molar-refractivity contribution in [3.05, 3.63) is 0 Å². The number of hydrogen-bond donors (Lipinski definition) is 1. The molecule has 0 saturated carbocycles. The van der Waals surface area contributed by atoms with Gasteiger partial charge >= 0.3 is 5.97 Å². The Hall–Kier alpha value is -1.04. The molecular formula is C8H13NO4S. The second kappa shape index (κ2) is 6.42.